The first-order valence-electron chi connectivity index (χ1n) is 9.50. The molecule has 0 amide bonds. The Kier molecular flexibility index (Phi) is 5.24. The molecule has 0 spiro atoms. The van der Waals surface area contributed by atoms with Gasteiger partial charge < -0.3 is 15.0 Å². The predicted octanol–water partition coefficient (Wildman–Crippen LogP) is 4.09. The van der Waals surface area contributed by atoms with Gasteiger partial charge in [-0.05, 0) is 37.4 Å². The fourth-order valence-corrected chi connectivity index (χ4v) is 3.08. The lowest BCUT2D eigenvalue weighted by Gasteiger charge is -2.11. The Morgan fingerprint density at radius 3 is 2.66 bits per heavy atom. The number of aryl methyl sites for hydroxylation is 1. The lowest BCUT2D eigenvalue weighted by Crippen LogP contribution is -2.14. The first-order valence-corrected chi connectivity index (χ1v) is 9.50. The van der Waals surface area contributed by atoms with Crippen LogP contribution >= 0.6 is 0 Å². The number of benzene rings is 2. The second-order valence-corrected chi connectivity index (χ2v) is 6.81. The number of nitrogens with zero attached hydrogens (tertiary/aromatic N) is 2. The number of H-pyrrole nitrogens is 1. The Bertz CT molecular complexity index is 1190. The van der Waals surface area contributed by atoms with E-state index in [0.29, 0.717) is 24.5 Å². The van der Waals surface area contributed by atoms with Gasteiger partial charge in [0.1, 0.15) is 24.0 Å². The van der Waals surface area contributed by atoms with Crippen molar-refractivity contribution in [3.8, 4) is 17.1 Å². The van der Waals surface area contributed by atoms with E-state index in [4.69, 9.17) is 4.74 Å². The van der Waals surface area contributed by atoms with Crippen molar-refractivity contribution in [3.63, 3.8) is 0 Å². The molecule has 0 aliphatic rings. The van der Waals surface area contributed by atoms with E-state index in [1.54, 1.807) is 13.1 Å². The Balaban J connectivity index is 1.37. The van der Waals surface area contributed by atoms with E-state index in [0.717, 1.165) is 33.6 Å². The normalized spacial score (nSPS) is 10.8. The molecule has 0 aliphatic heterocycles. The molecule has 0 saturated carbocycles. The summed E-state index contributed by atoms with van der Waals surface area (Å²) in [5.41, 5.74) is 1.99. The van der Waals surface area contributed by atoms with Crippen LogP contribution in [0.15, 0.2) is 65.6 Å². The monoisotopic (exact) mass is 386 g/mol. The lowest BCUT2D eigenvalue weighted by molar-refractivity contribution is 0.336. The molecule has 2 N–H and O–H groups in total. The highest BCUT2D eigenvalue weighted by Crippen LogP contribution is 2.25. The van der Waals surface area contributed by atoms with E-state index in [2.05, 4.69) is 38.5 Å². The molecular formula is C23H22N4O2. The third-order valence-electron chi connectivity index (χ3n) is 4.85. The number of aromatic nitrogens is 3. The standard InChI is InChI=1S/C23H22N4O2/c1-15-16(2)26-22(27-23(15)28)18-10-11-21(25-14-18)24-12-13-29-20-9-5-7-17-6-3-4-8-19(17)20/h3-11,14H,12-13H2,1-2H3,(H,24,25)(H,26,27,28). The quantitative estimate of drug-likeness (QED) is 0.488. The molecule has 0 bridgehead atoms. The largest absolute Gasteiger partial charge is 0.491 e. The van der Waals surface area contributed by atoms with Gasteiger partial charge >= 0.3 is 0 Å². The maximum absolute atomic E-state index is 11.9. The molecular weight excluding hydrogens is 364 g/mol. The molecule has 0 saturated heterocycles. The van der Waals surface area contributed by atoms with E-state index >= 15 is 0 Å². The molecule has 2 aromatic carbocycles. The summed E-state index contributed by atoms with van der Waals surface area (Å²) in [4.78, 5) is 23.6. The third kappa shape index (κ3) is 4.11. The van der Waals surface area contributed by atoms with Crippen molar-refractivity contribution >= 4 is 16.6 Å². The van der Waals surface area contributed by atoms with Gasteiger partial charge in [0.15, 0.2) is 0 Å². The van der Waals surface area contributed by atoms with Crippen LogP contribution in [0.5, 0.6) is 5.75 Å². The molecule has 0 fully saturated rings. The number of anilines is 1. The number of hydrogen-bond donors (Lipinski definition) is 2. The summed E-state index contributed by atoms with van der Waals surface area (Å²) < 4.78 is 5.93. The molecule has 4 rings (SSSR count). The SMILES string of the molecule is Cc1nc(-c2ccc(NCCOc3cccc4ccccc34)nc2)[nH]c(=O)c1C. The zero-order valence-corrected chi connectivity index (χ0v) is 16.4. The summed E-state index contributed by atoms with van der Waals surface area (Å²) >= 11 is 0. The molecule has 0 unspecified atom stereocenters. The number of rotatable bonds is 6. The second kappa shape index (κ2) is 8.14. The van der Waals surface area contributed by atoms with Gasteiger partial charge in [-0.1, -0.05) is 36.4 Å². The average molecular weight is 386 g/mol. The maximum atomic E-state index is 11.9. The summed E-state index contributed by atoms with van der Waals surface area (Å²) in [6.07, 6.45) is 1.70. The highest BCUT2D eigenvalue weighted by Gasteiger charge is 2.07. The minimum Gasteiger partial charge on any atom is -0.491 e. The van der Waals surface area contributed by atoms with Crippen LogP contribution in [-0.2, 0) is 0 Å². The van der Waals surface area contributed by atoms with Crippen molar-refractivity contribution in [2.24, 2.45) is 0 Å². The van der Waals surface area contributed by atoms with Crippen LogP contribution in [-0.4, -0.2) is 28.1 Å². The zero-order chi connectivity index (χ0) is 20.2. The van der Waals surface area contributed by atoms with Gasteiger partial charge in [0, 0.05) is 28.4 Å². The fraction of sp³-hybridized carbons (Fsp3) is 0.174. The second-order valence-electron chi connectivity index (χ2n) is 6.81. The number of ether oxygens (including phenoxy) is 1. The number of pyridine rings is 1. The molecule has 6 nitrogen and oxygen atoms in total. The van der Waals surface area contributed by atoms with E-state index in [1.165, 1.54) is 0 Å². The van der Waals surface area contributed by atoms with Gasteiger partial charge in [0.2, 0.25) is 0 Å². The first-order chi connectivity index (χ1) is 14.1. The van der Waals surface area contributed by atoms with E-state index < -0.39 is 0 Å². The van der Waals surface area contributed by atoms with Crippen LogP contribution in [0.4, 0.5) is 5.82 Å². The number of hydrogen-bond acceptors (Lipinski definition) is 5. The number of aromatic amines is 1. The lowest BCUT2D eigenvalue weighted by atomic mass is 10.1. The van der Waals surface area contributed by atoms with Crippen LogP contribution in [0.3, 0.4) is 0 Å². The number of fused-ring (bicyclic) bond motifs is 1. The Labute approximate surface area is 168 Å². The van der Waals surface area contributed by atoms with Crippen molar-refractivity contribution in [2.75, 3.05) is 18.5 Å². The third-order valence-corrected chi connectivity index (χ3v) is 4.85. The summed E-state index contributed by atoms with van der Waals surface area (Å²) in [6.45, 7) is 4.72. The van der Waals surface area contributed by atoms with Gasteiger partial charge in [-0.15, -0.1) is 0 Å². The summed E-state index contributed by atoms with van der Waals surface area (Å²) in [7, 11) is 0. The molecule has 2 heterocycles. The van der Waals surface area contributed by atoms with Crippen LogP contribution in [0.25, 0.3) is 22.2 Å². The van der Waals surface area contributed by atoms with Crippen molar-refractivity contribution in [2.45, 2.75) is 13.8 Å². The Hall–Kier alpha value is -3.67. The Morgan fingerprint density at radius 2 is 1.86 bits per heavy atom. The number of nitrogens with one attached hydrogen (secondary N) is 2. The molecule has 29 heavy (non-hydrogen) atoms. The van der Waals surface area contributed by atoms with Gasteiger partial charge in [0.05, 0.1) is 6.54 Å². The van der Waals surface area contributed by atoms with Crippen molar-refractivity contribution in [1.29, 1.82) is 0 Å². The molecule has 2 aromatic heterocycles. The van der Waals surface area contributed by atoms with Crippen molar-refractivity contribution in [3.05, 3.63) is 82.4 Å². The van der Waals surface area contributed by atoms with Gasteiger partial charge in [-0.3, -0.25) is 4.79 Å². The molecule has 6 heteroatoms. The minimum atomic E-state index is -0.125. The van der Waals surface area contributed by atoms with Gasteiger partial charge in [-0.25, -0.2) is 9.97 Å². The average Bonchev–Trinajstić information content (AvgIpc) is 2.75. The highest BCUT2D eigenvalue weighted by atomic mass is 16.5. The van der Waals surface area contributed by atoms with E-state index in [9.17, 15) is 4.79 Å². The topological polar surface area (TPSA) is 79.9 Å². The van der Waals surface area contributed by atoms with Crippen LogP contribution < -0.4 is 15.6 Å². The summed E-state index contributed by atoms with van der Waals surface area (Å²) in [5.74, 6) is 2.14. The van der Waals surface area contributed by atoms with Crippen molar-refractivity contribution < 1.29 is 4.74 Å². The van der Waals surface area contributed by atoms with Crippen molar-refractivity contribution in [1.82, 2.24) is 15.0 Å². The molecule has 0 radical (unpaired) electrons. The molecule has 146 valence electrons. The van der Waals surface area contributed by atoms with Crippen LogP contribution in [0.2, 0.25) is 0 Å². The highest BCUT2D eigenvalue weighted by molar-refractivity contribution is 5.88. The minimum absolute atomic E-state index is 0.125. The molecule has 0 atom stereocenters. The maximum Gasteiger partial charge on any atom is 0.254 e. The van der Waals surface area contributed by atoms with Crippen LogP contribution in [0, 0.1) is 13.8 Å². The van der Waals surface area contributed by atoms with E-state index in [1.807, 2.05) is 43.3 Å². The smallest absolute Gasteiger partial charge is 0.254 e. The van der Waals surface area contributed by atoms with Crippen LogP contribution in [0.1, 0.15) is 11.3 Å². The Morgan fingerprint density at radius 1 is 1.03 bits per heavy atom. The summed E-state index contributed by atoms with van der Waals surface area (Å²) in [5, 5.41) is 5.51. The first kappa shape index (κ1) is 18.7. The van der Waals surface area contributed by atoms with Gasteiger partial charge in [0.25, 0.3) is 5.56 Å². The zero-order valence-electron chi connectivity index (χ0n) is 16.4. The summed E-state index contributed by atoms with van der Waals surface area (Å²) in [6, 6.07) is 18.0. The predicted molar refractivity (Wildman–Crippen MR) is 115 cm³/mol. The van der Waals surface area contributed by atoms with Gasteiger partial charge in [-0.2, -0.15) is 0 Å². The van der Waals surface area contributed by atoms with E-state index in [-0.39, 0.29) is 5.56 Å². The molecule has 4 aromatic rings. The fourth-order valence-electron chi connectivity index (χ4n) is 3.08. The molecule has 0 aliphatic carbocycles.